The minimum atomic E-state index is -4.62. The third kappa shape index (κ3) is 4.94. The molecule has 0 radical (unpaired) electrons. The molecule has 2 unspecified atom stereocenters. The normalized spacial score (nSPS) is 15.7. The Labute approximate surface area is 121 Å². The first-order valence-corrected chi connectivity index (χ1v) is 7.77. The number of hydrogen-bond acceptors (Lipinski definition) is 4. The highest BCUT2D eigenvalue weighted by molar-refractivity contribution is 7.89. The summed E-state index contributed by atoms with van der Waals surface area (Å²) in [4.78, 5) is 2.71. The third-order valence-electron chi connectivity index (χ3n) is 3.12. The van der Waals surface area contributed by atoms with Crippen LogP contribution in [0.4, 0.5) is 13.2 Å². The zero-order chi connectivity index (χ0) is 16.3. The van der Waals surface area contributed by atoms with Gasteiger partial charge < -0.3 is 5.11 Å². The lowest BCUT2D eigenvalue weighted by atomic mass is 10.0. The number of pyridine rings is 1. The number of halogens is 3. The molecule has 0 aliphatic rings. The molecule has 1 aromatic heterocycles. The van der Waals surface area contributed by atoms with E-state index in [1.54, 1.807) is 6.92 Å². The molecule has 1 rings (SSSR count). The van der Waals surface area contributed by atoms with Crippen LogP contribution in [0.1, 0.15) is 26.0 Å². The second-order valence-electron chi connectivity index (χ2n) is 4.68. The second-order valence-corrected chi connectivity index (χ2v) is 6.45. The standard InChI is InChI=1S/C12H17F3N2O3S/c1-3-8(2)10(18)7-17-21(19,20)9-4-5-11(16-6-9)12(13,14)15/h4-6,8,10,17-18H,3,7H2,1-2H3. The molecule has 2 atom stereocenters. The quantitative estimate of drug-likeness (QED) is 0.835. The number of nitrogens with zero attached hydrogens (tertiary/aromatic N) is 1. The molecule has 0 bridgehead atoms. The average molecular weight is 326 g/mol. The average Bonchev–Trinajstić information content (AvgIpc) is 2.43. The van der Waals surface area contributed by atoms with Crippen LogP contribution in [0.15, 0.2) is 23.2 Å². The number of aliphatic hydroxyl groups excluding tert-OH is 1. The van der Waals surface area contributed by atoms with Gasteiger partial charge in [0.2, 0.25) is 10.0 Å². The zero-order valence-electron chi connectivity index (χ0n) is 11.6. The molecular weight excluding hydrogens is 309 g/mol. The van der Waals surface area contributed by atoms with E-state index >= 15 is 0 Å². The molecule has 2 N–H and O–H groups in total. The highest BCUT2D eigenvalue weighted by Crippen LogP contribution is 2.27. The van der Waals surface area contributed by atoms with Crippen molar-refractivity contribution >= 4 is 10.0 Å². The molecule has 5 nitrogen and oxygen atoms in total. The fourth-order valence-corrected chi connectivity index (χ4v) is 2.45. The van der Waals surface area contributed by atoms with Crippen LogP contribution in [0.5, 0.6) is 0 Å². The zero-order valence-corrected chi connectivity index (χ0v) is 12.4. The van der Waals surface area contributed by atoms with E-state index in [9.17, 15) is 26.7 Å². The summed E-state index contributed by atoms with van der Waals surface area (Å²) in [5.41, 5.74) is -1.17. The Kier molecular flexibility index (Phi) is 5.71. The van der Waals surface area contributed by atoms with Crippen LogP contribution in [-0.2, 0) is 16.2 Å². The number of alkyl halides is 3. The summed E-state index contributed by atoms with van der Waals surface area (Å²) in [6, 6.07) is 1.42. The van der Waals surface area contributed by atoms with E-state index in [1.165, 1.54) is 0 Å². The summed E-state index contributed by atoms with van der Waals surface area (Å²) in [5, 5.41) is 9.69. The number of sulfonamides is 1. The lowest BCUT2D eigenvalue weighted by Crippen LogP contribution is -2.35. The van der Waals surface area contributed by atoms with E-state index in [0.717, 1.165) is 6.07 Å². The highest BCUT2D eigenvalue weighted by Gasteiger charge is 2.32. The molecule has 0 saturated heterocycles. The number of hydrogen-bond donors (Lipinski definition) is 2. The van der Waals surface area contributed by atoms with Crippen molar-refractivity contribution in [3.8, 4) is 0 Å². The van der Waals surface area contributed by atoms with Crippen LogP contribution in [0.3, 0.4) is 0 Å². The second kappa shape index (κ2) is 6.71. The lowest BCUT2D eigenvalue weighted by molar-refractivity contribution is -0.141. The monoisotopic (exact) mass is 326 g/mol. The molecule has 0 spiro atoms. The maximum atomic E-state index is 12.3. The summed E-state index contributed by atoms with van der Waals surface area (Å²) in [6.45, 7) is 3.40. The molecular formula is C12H17F3N2O3S. The van der Waals surface area contributed by atoms with Gasteiger partial charge in [-0.15, -0.1) is 0 Å². The summed E-state index contributed by atoms with van der Waals surface area (Å²) in [5.74, 6) is -0.0987. The van der Waals surface area contributed by atoms with Crippen molar-refractivity contribution in [2.75, 3.05) is 6.54 Å². The predicted molar refractivity (Wildman–Crippen MR) is 69.9 cm³/mol. The van der Waals surface area contributed by atoms with Gasteiger partial charge in [0.25, 0.3) is 0 Å². The minimum Gasteiger partial charge on any atom is -0.391 e. The smallest absolute Gasteiger partial charge is 0.391 e. The maximum absolute atomic E-state index is 12.3. The van der Waals surface area contributed by atoms with Crippen LogP contribution < -0.4 is 4.72 Å². The molecule has 1 aromatic rings. The first-order valence-electron chi connectivity index (χ1n) is 6.29. The Hall–Kier alpha value is -1.19. The van der Waals surface area contributed by atoms with E-state index in [2.05, 4.69) is 9.71 Å². The Morgan fingerprint density at radius 3 is 2.43 bits per heavy atom. The van der Waals surface area contributed by atoms with E-state index in [1.807, 2.05) is 6.92 Å². The molecule has 0 aliphatic carbocycles. The molecule has 0 aromatic carbocycles. The number of rotatable bonds is 6. The molecule has 0 fully saturated rings. The van der Waals surface area contributed by atoms with Gasteiger partial charge >= 0.3 is 6.18 Å². The van der Waals surface area contributed by atoms with Crippen molar-refractivity contribution in [1.82, 2.24) is 9.71 Å². The summed E-state index contributed by atoms with van der Waals surface area (Å²) >= 11 is 0. The van der Waals surface area contributed by atoms with Gasteiger partial charge in [-0.2, -0.15) is 13.2 Å². The first-order chi connectivity index (χ1) is 9.58. The molecule has 9 heteroatoms. The molecule has 1 heterocycles. The van der Waals surface area contributed by atoms with Gasteiger partial charge in [-0.25, -0.2) is 13.1 Å². The first kappa shape index (κ1) is 17.9. The predicted octanol–water partition coefficient (Wildman–Crippen LogP) is 1.79. The summed E-state index contributed by atoms with van der Waals surface area (Å²) in [7, 11) is -4.00. The van der Waals surface area contributed by atoms with Crippen molar-refractivity contribution < 1.29 is 26.7 Å². The summed E-state index contributed by atoms with van der Waals surface area (Å²) < 4.78 is 62.9. The maximum Gasteiger partial charge on any atom is 0.433 e. The van der Waals surface area contributed by atoms with Crippen molar-refractivity contribution in [3.05, 3.63) is 24.0 Å². The van der Waals surface area contributed by atoms with E-state index in [-0.39, 0.29) is 17.4 Å². The highest BCUT2D eigenvalue weighted by atomic mass is 32.2. The lowest BCUT2D eigenvalue weighted by Gasteiger charge is -2.17. The molecule has 120 valence electrons. The van der Waals surface area contributed by atoms with Gasteiger partial charge in [0.15, 0.2) is 0 Å². The van der Waals surface area contributed by atoms with Gasteiger partial charge in [-0.05, 0) is 18.1 Å². The van der Waals surface area contributed by atoms with Crippen LogP contribution in [0, 0.1) is 5.92 Å². The Balaban J connectivity index is 2.80. The Bertz CT molecular complexity index is 558. The molecule has 21 heavy (non-hydrogen) atoms. The Morgan fingerprint density at radius 2 is 2.00 bits per heavy atom. The van der Waals surface area contributed by atoms with Crippen LogP contribution in [0.2, 0.25) is 0 Å². The Morgan fingerprint density at radius 1 is 1.38 bits per heavy atom. The van der Waals surface area contributed by atoms with Crippen molar-refractivity contribution in [3.63, 3.8) is 0 Å². The topological polar surface area (TPSA) is 79.3 Å². The summed E-state index contributed by atoms with van der Waals surface area (Å²) in [6.07, 6.45) is -4.18. The van der Waals surface area contributed by atoms with Crippen molar-refractivity contribution in [2.45, 2.75) is 37.4 Å². The molecule has 0 aliphatic heterocycles. The van der Waals surface area contributed by atoms with E-state index < -0.39 is 28.0 Å². The van der Waals surface area contributed by atoms with Crippen LogP contribution >= 0.6 is 0 Å². The number of aliphatic hydroxyl groups is 1. The largest absolute Gasteiger partial charge is 0.433 e. The SMILES string of the molecule is CCC(C)C(O)CNS(=O)(=O)c1ccc(C(F)(F)F)nc1. The molecule has 0 amide bonds. The van der Waals surface area contributed by atoms with Gasteiger partial charge in [0.1, 0.15) is 10.6 Å². The fraction of sp³-hybridized carbons (Fsp3) is 0.583. The van der Waals surface area contributed by atoms with Crippen LogP contribution in [-0.4, -0.2) is 31.2 Å². The molecule has 0 saturated carbocycles. The number of nitrogens with one attached hydrogen (secondary N) is 1. The van der Waals surface area contributed by atoms with Crippen LogP contribution in [0.25, 0.3) is 0 Å². The van der Waals surface area contributed by atoms with Gasteiger partial charge in [0, 0.05) is 12.7 Å². The van der Waals surface area contributed by atoms with E-state index in [4.69, 9.17) is 0 Å². The number of aromatic nitrogens is 1. The van der Waals surface area contributed by atoms with Crippen molar-refractivity contribution in [1.29, 1.82) is 0 Å². The van der Waals surface area contributed by atoms with Crippen molar-refractivity contribution in [2.24, 2.45) is 5.92 Å². The van der Waals surface area contributed by atoms with Gasteiger partial charge in [-0.3, -0.25) is 4.98 Å². The third-order valence-corrected chi connectivity index (χ3v) is 4.53. The minimum absolute atomic E-state index is 0.0987. The van der Waals surface area contributed by atoms with Gasteiger partial charge in [-0.1, -0.05) is 20.3 Å². The fourth-order valence-electron chi connectivity index (χ4n) is 1.46. The van der Waals surface area contributed by atoms with E-state index in [0.29, 0.717) is 18.7 Å². The van der Waals surface area contributed by atoms with Gasteiger partial charge in [0.05, 0.1) is 6.10 Å².